The Kier molecular flexibility index (Phi) is 2.17. The monoisotopic (exact) mass is 172 g/mol. The van der Waals surface area contributed by atoms with Crippen molar-refractivity contribution in [3.05, 3.63) is 10.4 Å². The molecule has 0 aliphatic rings. The molecule has 1 rings (SSSR count). The molecular formula is C5H4N2O3S. The van der Waals surface area contributed by atoms with Crippen LogP contribution in [0.25, 0.3) is 0 Å². The topological polar surface area (TPSA) is 82.3 Å². The SMILES string of the molecule is NC(=O)Oc1csc(C=O)n1. The van der Waals surface area contributed by atoms with Gasteiger partial charge in [0.15, 0.2) is 11.3 Å². The van der Waals surface area contributed by atoms with Gasteiger partial charge in [-0.2, -0.15) is 4.98 Å². The fourth-order valence-corrected chi connectivity index (χ4v) is 0.997. The highest BCUT2D eigenvalue weighted by molar-refractivity contribution is 7.11. The lowest BCUT2D eigenvalue weighted by Crippen LogP contribution is -2.16. The maximum Gasteiger partial charge on any atom is 0.411 e. The molecule has 0 unspecified atom stereocenters. The Morgan fingerprint density at radius 1 is 1.82 bits per heavy atom. The van der Waals surface area contributed by atoms with E-state index < -0.39 is 6.09 Å². The molecule has 0 radical (unpaired) electrons. The highest BCUT2D eigenvalue weighted by Gasteiger charge is 2.03. The summed E-state index contributed by atoms with van der Waals surface area (Å²) in [5, 5.41) is 1.68. The summed E-state index contributed by atoms with van der Waals surface area (Å²) in [6.07, 6.45) is -0.369. The van der Waals surface area contributed by atoms with E-state index in [1.807, 2.05) is 0 Å². The van der Waals surface area contributed by atoms with Crippen LogP contribution in [0.5, 0.6) is 5.88 Å². The molecule has 1 aromatic heterocycles. The second-order valence-electron chi connectivity index (χ2n) is 1.56. The van der Waals surface area contributed by atoms with Crippen LogP contribution in [0.2, 0.25) is 0 Å². The van der Waals surface area contributed by atoms with Gasteiger partial charge in [-0.1, -0.05) is 0 Å². The quantitative estimate of drug-likeness (QED) is 0.655. The largest absolute Gasteiger partial charge is 0.411 e. The summed E-state index contributed by atoms with van der Waals surface area (Å²) in [6.45, 7) is 0. The first-order valence-corrected chi connectivity index (χ1v) is 3.48. The summed E-state index contributed by atoms with van der Waals surface area (Å²) in [6, 6.07) is 0. The average Bonchev–Trinajstić information content (AvgIpc) is 2.34. The minimum atomic E-state index is -0.937. The number of carbonyl (C=O) groups is 2. The van der Waals surface area contributed by atoms with Gasteiger partial charge in [0.25, 0.3) is 0 Å². The lowest BCUT2D eigenvalue weighted by Gasteiger charge is -1.90. The van der Waals surface area contributed by atoms with Gasteiger partial charge >= 0.3 is 6.09 Å². The number of aromatic nitrogens is 1. The number of carbonyl (C=O) groups excluding carboxylic acids is 2. The molecule has 0 aliphatic heterocycles. The van der Waals surface area contributed by atoms with Gasteiger partial charge in [-0.05, 0) is 0 Å². The molecule has 0 aliphatic carbocycles. The third kappa shape index (κ3) is 2.01. The first-order valence-electron chi connectivity index (χ1n) is 2.60. The molecule has 0 atom stereocenters. The van der Waals surface area contributed by atoms with Gasteiger partial charge in [-0.3, -0.25) is 4.79 Å². The van der Waals surface area contributed by atoms with Crippen LogP contribution in [0.3, 0.4) is 0 Å². The molecule has 0 fully saturated rings. The summed E-state index contributed by atoms with van der Waals surface area (Å²) in [5.41, 5.74) is 4.69. The van der Waals surface area contributed by atoms with Crippen LogP contribution in [0.1, 0.15) is 9.80 Å². The molecule has 0 saturated carbocycles. The smallest absolute Gasteiger partial charge is 0.390 e. The molecular weight excluding hydrogens is 168 g/mol. The molecule has 1 heterocycles. The molecule has 0 saturated heterocycles. The normalized spacial score (nSPS) is 9.09. The number of hydrogen-bond acceptors (Lipinski definition) is 5. The second kappa shape index (κ2) is 3.11. The number of hydrogen-bond donors (Lipinski definition) is 1. The third-order valence-corrected chi connectivity index (χ3v) is 1.56. The number of nitrogens with zero attached hydrogens (tertiary/aromatic N) is 1. The van der Waals surface area contributed by atoms with Crippen molar-refractivity contribution < 1.29 is 14.3 Å². The van der Waals surface area contributed by atoms with Crippen LogP contribution in [0, 0.1) is 0 Å². The standard InChI is InChI=1S/C5H4N2O3S/c6-5(9)10-3-2-11-4(1-8)7-3/h1-2H,(H2,6,9). The van der Waals surface area contributed by atoms with E-state index in [9.17, 15) is 9.59 Å². The molecule has 1 aromatic rings. The van der Waals surface area contributed by atoms with Crippen LogP contribution < -0.4 is 10.5 Å². The van der Waals surface area contributed by atoms with E-state index in [2.05, 4.69) is 9.72 Å². The Bertz CT molecular complexity index is 283. The second-order valence-corrected chi connectivity index (χ2v) is 2.45. The molecule has 0 spiro atoms. The van der Waals surface area contributed by atoms with E-state index in [1.165, 1.54) is 5.38 Å². The van der Waals surface area contributed by atoms with Gasteiger partial charge in [0.1, 0.15) is 0 Å². The molecule has 11 heavy (non-hydrogen) atoms. The van der Waals surface area contributed by atoms with Crippen LogP contribution in [0.15, 0.2) is 5.38 Å². The van der Waals surface area contributed by atoms with Gasteiger partial charge in [0, 0.05) is 0 Å². The van der Waals surface area contributed by atoms with Crippen LogP contribution in [-0.4, -0.2) is 17.4 Å². The summed E-state index contributed by atoms with van der Waals surface area (Å²) in [7, 11) is 0. The Morgan fingerprint density at radius 2 is 2.55 bits per heavy atom. The zero-order chi connectivity index (χ0) is 8.27. The Hall–Kier alpha value is -1.43. The molecule has 0 aromatic carbocycles. The van der Waals surface area contributed by atoms with Gasteiger partial charge < -0.3 is 10.5 Å². The summed E-state index contributed by atoms with van der Waals surface area (Å²) in [5.74, 6) is 0.0598. The van der Waals surface area contributed by atoms with Gasteiger partial charge in [0.05, 0.1) is 5.38 Å². The Balaban J connectivity index is 2.72. The number of rotatable bonds is 2. The predicted octanol–water partition coefficient (Wildman–Crippen LogP) is 0.413. The van der Waals surface area contributed by atoms with E-state index in [0.717, 1.165) is 11.3 Å². The van der Waals surface area contributed by atoms with Crippen LogP contribution in [-0.2, 0) is 0 Å². The number of nitrogens with two attached hydrogens (primary N) is 1. The highest BCUT2D eigenvalue weighted by atomic mass is 32.1. The van der Waals surface area contributed by atoms with Crippen molar-refractivity contribution in [2.45, 2.75) is 0 Å². The van der Waals surface area contributed by atoms with Crippen LogP contribution in [0.4, 0.5) is 4.79 Å². The molecule has 1 amide bonds. The zero-order valence-electron chi connectivity index (χ0n) is 5.31. The molecule has 5 nitrogen and oxygen atoms in total. The van der Waals surface area contributed by atoms with E-state index in [4.69, 9.17) is 5.73 Å². The number of ether oxygens (including phenoxy) is 1. The number of amides is 1. The molecule has 2 N–H and O–H groups in total. The van der Waals surface area contributed by atoms with Crippen molar-refractivity contribution in [1.29, 1.82) is 0 Å². The van der Waals surface area contributed by atoms with Gasteiger partial charge in [-0.15, -0.1) is 11.3 Å². The maximum atomic E-state index is 10.1. The van der Waals surface area contributed by atoms with E-state index >= 15 is 0 Å². The highest BCUT2D eigenvalue weighted by Crippen LogP contribution is 2.13. The fourth-order valence-electron chi connectivity index (χ4n) is 0.476. The summed E-state index contributed by atoms with van der Waals surface area (Å²) in [4.78, 5) is 23.8. The molecule has 58 valence electrons. The predicted molar refractivity (Wildman–Crippen MR) is 37.7 cm³/mol. The lowest BCUT2D eigenvalue weighted by molar-refractivity contribution is 0.112. The van der Waals surface area contributed by atoms with Crippen molar-refractivity contribution in [3.63, 3.8) is 0 Å². The first-order chi connectivity index (χ1) is 5.22. The Labute approximate surface area is 65.8 Å². The van der Waals surface area contributed by atoms with E-state index in [1.54, 1.807) is 0 Å². The van der Waals surface area contributed by atoms with Crippen molar-refractivity contribution in [2.75, 3.05) is 0 Å². The number of primary amides is 1. The zero-order valence-corrected chi connectivity index (χ0v) is 6.13. The minimum Gasteiger partial charge on any atom is -0.390 e. The maximum absolute atomic E-state index is 10.1. The van der Waals surface area contributed by atoms with Gasteiger partial charge in [-0.25, -0.2) is 4.79 Å². The summed E-state index contributed by atoms with van der Waals surface area (Å²) >= 11 is 1.08. The number of thiazole rings is 1. The minimum absolute atomic E-state index is 0.0598. The fraction of sp³-hybridized carbons (Fsp3) is 0. The Morgan fingerprint density at radius 3 is 3.00 bits per heavy atom. The third-order valence-electron chi connectivity index (χ3n) is 0.807. The van der Waals surface area contributed by atoms with E-state index in [0.29, 0.717) is 6.29 Å². The van der Waals surface area contributed by atoms with Gasteiger partial charge in [0.2, 0.25) is 5.88 Å². The van der Waals surface area contributed by atoms with Crippen molar-refractivity contribution in [2.24, 2.45) is 5.73 Å². The van der Waals surface area contributed by atoms with Crippen LogP contribution >= 0.6 is 11.3 Å². The molecule has 0 bridgehead atoms. The first kappa shape index (κ1) is 7.67. The van der Waals surface area contributed by atoms with Crippen molar-refractivity contribution in [1.82, 2.24) is 4.98 Å². The lowest BCUT2D eigenvalue weighted by atomic mass is 10.8. The van der Waals surface area contributed by atoms with Crippen molar-refractivity contribution in [3.8, 4) is 5.88 Å². The molecule has 6 heteroatoms. The van der Waals surface area contributed by atoms with Crippen molar-refractivity contribution >= 4 is 23.7 Å². The number of aldehydes is 1. The average molecular weight is 172 g/mol. The summed E-state index contributed by atoms with van der Waals surface area (Å²) < 4.78 is 4.38. The van der Waals surface area contributed by atoms with E-state index in [-0.39, 0.29) is 10.9 Å².